The highest BCUT2D eigenvalue weighted by molar-refractivity contribution is 5.86. The van der Waals surface area contributed by atoms with E-state index in [1.165, 1.54) is 0 Å². The van der Waals surface area contributed by atoms with Gasteiger partial charge in [-0.15, -0.1) is 12.4 Å². The van der Waals surface area contributed by atoms with Crippen LogP contribution >= 0.6 is 12.4 Å². The minimum absolute atomic E-state index is 0. The van der Waals surface area contributed by atoms with Crippen molar-refractivity contribution in [3.8, 4) is 0 Å². The van der Waals surface area contributed by atoms with E-state index in [9.17, 15) is 4.79 Å². The van der Waals surface area contributed by atoms with Crippen LogP contribution in [-0.4, -0.2) is 43.2 Å². The molecule has 1 saturated heterocycles. The lowest BCUT2D eigenvalue weighted by atomic mass is 9.96. The predicted molar refractivity (Wildman–Crippen MR) is 71.3 cm³/mol. The van der Waals surface area contributed by atoms with Crippen molar-refractivity contribution in [1.82, 2.24) is 4.90 Å². The Kier molecular flexibility index (Phi) is 7.05. The highest BCUT2D eigenvalue weighted by Crippen LogP contribution is 2.21. The van der Waals surface area contributed by atoms with E-state index in [0.717, 1.165) is 39.0 Å². The van der Waals surface area contributed by atoms with Crippen molar-refractivity contribution in [2.24, 2.45) is 11.7 Å². The number of carbonyl (C=O) groups excluding carboxylic acids is 1. The Hall–Kier alpha value is -0.320. The summed E-state index contributed by atoms with van der Waals surface area (Å²) in [5.41, 5.74) is 5.35. The summed E-state index contributed by atoms with van der Waals surface area (Å²) in [6.45, 7) is 6.24. The second-order valence-electron chi connectivity index (χ2n) is 5.03. The monoisotopic (exact) mass is 264 g/mol. The van der Waals surface area contributed by atoms with Gasteiger partial charge in [0, 0.05) is 26.1 Å². The number of amides is 1. The van der Waals surface area contributed by atoms with Gasteiger partial charge in [-0.1, -0.05) is 13.3 Å². The molecular weight excluding hydrogens is 240 g/mol. The van der Waals surface area contributed by atoms with Crippen LogP contribution in [0.2, 0.25) is 0 Å². The first-order valence-corrected chi connectivity index (χ1v) is 6.08. The molecule has 2 unspecified atom stereocenters. The smallest absolute Gasteiger partial charge is 0.242 e. The number of hydrogen-bond acceptors (Lipinski definition) is 3. The summed E-state index contributed by atoms with van der Waals surface area (Å²) in [5.74, 6) is 0.569. The average molecular weight is 265 g/mol. The number of ether oxygens (including phenoxy) is 1. The molecule has 0 radical (unpaired) electrons. The molecule has 17 heavy (non-hydrogen) atoms. The zero-order valence-corrected chi connectivity index (χ0v) is 11.9. The van der Waals surface area contributed by atoms with Crippen LogP contribution in [0, 0.1) is 5.92 Å². The fourth-order valence-electron chi connectivity index (χ4n) is 2.38. The number of carbonyl (C=O) groups is 1. The van der Waals surface area contributed by atoms with Crippen LogP contribution in [0.25, 0.3) is 0 Å². The number of halogens is 1. The van der Waals surface area contributed by atoms with Crippen molar-refractivity contribution < 1.29 is 9.53 Å². The molecule has 2 N–H and O–H groups in total. The summed E-state index contributed by atoms with van der Waals surface area (Å²) in [4.78, 5) is 14.1. The van der Waals surface area contributed by atoms with Crippen molar-refractivity contribution in [3.63, 3.8) is 0 Å². The third-order valence-corrected chi connectivity index (χ3v) is 3.23. The molecule has 0 aromatic carbocycles. The molecule has 0 aliphatic carbocycles. The summed E-state index contributed by atoms with van der Waals surface area (Å²) in [6, 6.07) is 0. The Morgan fingerprint density at radius 1 is 1.59 bits per heavy atom. The number of nitrogens with two attached hydrogens (primary N) is 1. The normalized spacial score (nSPS) is 23.1. The number of hydrogen-bond donors (Lipinski definition) is 1. The van der Waals surface area contributed by atoms with Crippen LogP contribution in [0.4, 0.5) is 0 Å². The summed E-state index contributed by atoms with van der Waals surface area (Å²) in [6.07, 6.45) is 2.72. The molecule has 1 heterocycles. The van der Waals surface area contributed by atoms with E-state index in [1.807, 2.05) is 11.8 Å². The maximum Gasteiger partial charge on any atom is 0.242 e. The van der Waals surface area contributed by atoms with Crippen LogP contribution < -0.4 is 5.73 Å². The molecule has 0 spiro atoms. The van der Waals surface area contributed by atoms with Crippen molar-refractivity contribution in [1.29, 1.82) is 0 Å². The van der Waals surface area contributed by atoms with Crippen molar-refractivity contribution >= 4 is 18.3 Å². The zero-order valence-electron chi connectivity index (χ0n) is 11.1. The quantitative estimate of drug-likeness (QED) is 0.817. The molecule has 1 aliphatic rings. The molecule has 102 valence electrons. The van der Waals surface area contributed by atoms with Crippen molar-refractivity contribution in [3.05, 3.63) is 0 Å². The highest BCUT2D eigenvalue weighted by Gasteiger charge is 2.35. The van der Waals surface area contributed by atoms with E-state index in [0.29, 0.717) is 5.92 Å². The molecule has 0 aromatic rings. The van der Waals surface area contributed by atoms with Crippen LogP contribution in [0.15, 0.2) is 0 Å². The fraction of sp³-hybridized carbons (Fsp3) is 0.917. The molecule has 1 fully saturated rings. The first kappa shape index (κ1) is 16.7. The lowest BCUT2D eigenvalue weighted by Crippen LogP contribution is -2.52. The Labute approximate surface area is 110 Å². The van der Waals surface area contributed by atoms with Crippen LogP contribution in [0.1, 0.15) is 33.1 Å². The first-order valence-electron chi connectivity index (χ1n) is 6.08. The molecule has 1 amide bonds. The van der Waals surface area contributed by atoms with Crippen LogP contribution in [0.5, 0.6) is 0 Å². The third kappa shape index (κ3) is 4.45. The topological polar surface area (TPSA) is 55.6 Å². The minimum atomic E-state index is -0.698. The summed E-state index contributed by atoms with van der Waals surface area (Å²) in [5, 5.41) is 0. The fourth-order valence-corrected chi connectivity index (χ4v) is 2.38. The summed E-state index contributed by atoms with van der Waals surface area (Å²) >= 11 is 0. The Bertz CT molecular complexity index is 247. The highest BCUT2D eigenvalue weighted by atomic mass is 35.5. The second kappa shape index (κ2) is 7.19. The number of likely N-dealkylation sites (tertiary alicyclic amines) is 1. The molecule has 5 heteroatoms. The van der Waals surface area contributed by atoms with E-state index >= 15 is 0 Å². The molecule has 1 rings (SSSR count). The van der Waals surface area contributed by atoms with Crippen LogP contribution in [-0.2, 0) is 9.53 Å². The van der Waals surface area contributed by atoms with E-state index < -0.39 is 5.54 Å². The van der Waals surface area contributed by atoms with Gasteiger partial charge in [0.1, 0.15) is 0 Å². The SMILES string of the molecule is CCCC(C)(N)C(=O)N1CCC(COC)C1.Cl. The van der Waals surface area contributed by atoms with E-state index in [2.05, 4.69) is 6.92 Å². The number of nitrogens with zero attached hydrogens (tertiary/aromatic N) is 1. The largest absolute Gasteiger partial charge is 0.384 e. The van der Waals surface area contributed by atoms with Crippen molar-refractivity contribution in [2.75, 3.05) is 26.8 Å². The minimum Gasteiger partial charge on any atom is -0.384 e. The third-order valence-electron chi connectivity index (χ3n) is 3.23. The summed E-state index contributed by atoms with van der Waals surface area (Å²) < 4.78 is 5.12. The van der Waals surface area contributed by atoms with E-state index in [4.69, 9.17) is 10.5 Å². The molecule has 0 bridgehead atoms. The summed E-state index contributed by atoms with van der Waals surface area (Å²) in [7, 11) is 1.70. The molecule has 1 aliphatic heterocycles. The maximum atomic E-state index is 12.2. The number of methoxy groups -OCH3 is 1. The van der Waals surface area contributed by atoms with Gasteiger partial charge in [0.05, 0.1) is 12.1 Å². The predicted octanol–water partition coefficient (Wildman–Crippen LogP) is 1.42. The van der Waals surface area contributed by atoms with E-state index in [1.54, 1.807) is 7.11 Å². The van der Waals surface area contributed by atoms with Gasteiger partial charge in [-0.3, -0.25) is 4.79 Å². The van der Waals surface area contributed by atoms with Gasteiger partial charge < -0.3 is 15.4 Å². The first-order chi connectivity index (χ1) is 7.51. The molecule has 0 saturated carbocycles. The van der Waals surface area contributed by atoms with Gasteiger partial charge in [0.25, 0.3) is 0 Å². The molecular formula is C12H25ClN2O2. The number of rotatable bonds is 5. The van der Waals surface area contributed by atoms with Gasteiger partial charge in [0.2, 0.25) is 5.91 Å². The average Bonchev–Trinajstić information content (AvgIpc) is 2.65. The second-order valence-corrected chi connectivity index (χ2v) is 5.03. The van der Waals surface area contributed by atoms with Gasteiger partial charge >= 0.3 is 0 Å². The Balaban J connectivity index is 0.00000256. The van der Waals surface area contributed by atoms with Gasteiger partial charge in [-0.25, -0.2) is 0 Å². The lowest BCUT2D eigenvalue weighted by Gasteiger charge is -2.28. The maximum absolute atomic E-state index is 12.2. The molecule has 0 aromatic heterocycles. The van der Waals surface area contributed by atoms with Crippen molar-refractivity contribution in [2.45, 2.75) is 38.6 Å². The van der Waals surface area contributed by atoms with Crippen LogP contribution in [0.3, 0.4) is 0 Å². The lowest BCUT2D eigenvalue weighted by molar-refractivity contribution is -0.135. The van der Waals surface area contributed by atoms with Gasteiger partial charge in [0.15, 0.2) is 0 Å². The Morgan fingerprint density at radius 2 is 2.24 bits per heavy atom. The standard InChI is InChI=1S/C12H24N2O2.ClH/c1-4-6-12(2,13)11(15)14-7-5-10(8-14)9-16-3;/h10H,4-9,13H2,1-3H3;1H. The van der Waals surface area contributed by atoms with Gasteiger partial charge in [-0.2, -0.15) is 0 Å². The molecule has 2 atom stereocenters. The van der Waals surface area contributed by atoms with E-state index in [-0.39, 0.29) is 18.3 Å². The zero-order chi connectivity index (χ0) is 12.2. The Morgan fingerprint density at radius 3 is 2.76 bits per heavy atom. The van der Waals surface area contributed by atoms with Gasteiger partial charge in [-0.05, 0) is 19.8 Å². The molecule has 4 nitrogen and oxygen atoms in total.